The van der Waals surface area contributed by atoms with E-state index in [-0.39, 0.29) is 23.6 Å². The highest BCUT2D eigenvalue weighted by Crippen LogP contribution is 2.34. The monoisotopic (exact) mass is 387 g/mol. The number of carbonyl (C=O) groups is 2. The number of thiazole rings is 1. The Morgan fingerprint density at radius 3 is 2.96 bits per heavy atom. The van der Waals surface area contributed by atoms with E-state index in [1.165, 1.54) is 17.6 Å². The van der Waals surface area contributed by atoms with Crippen LogP contribution in [0.25, 0.3) is 0 Å². The van der Waals surface area contributed by atoms with Gasteiger partial charge >= 0.3 is 0 Å². The largest absolute Gasteiger partial charge is 0.459 e. The van der Waals surface area contributed by atoms with Crippen LogP contribution in [-0.4, -0.2) is 28.2 Å². The number of amides is 2. The molecule has 0 bridgehead atoms. The van der Waals surface area contributed by atoms with Crippen molar-refractivity contribution in [3.8, 4) is 0 Å². The predicted molar refractivity (Wildman–Crippen MR) is 101 cm³/mol. The standard InChI is InChI=1S/C18H17N3O3S2/c22-16(13-5-3-10-24-13)20-15-7-6-14(26-15)18(23)21-9-2-1-4-12(21)17-19-8-11-25-17/h3,5-8,10-12H,1-2,4,9H2,(H,20,22). The van der Waals surface area contributed by atoms with Crippen LogP contribution in [0.4, 0.5) is 5.00 Å². The van der Waals surface area contributed by atoms with Crippen LogP contribution in [0.1, 0.15) is 50.5 Å². The van der Waals surface area contributed by atoms with Gasteiger partial charge in [0.2, 0.25) is 0 Å². The summed E-state index contributed by atoms with van der Waals surface area (Å²) < 4.78 is 5.08. The number of carbonyl (C=O) groups excluding carboxylic acids is 2. The maximum absolute atomic E-state index is 13.0. The maximum Gasteiger partial charge on any atom is 0.291 e. The van der Waals surface area contributed by atoms with E-state index in [1.807, 2.05) is 10.3 Å². The molecular formula is C18H17N3O3S2. The third kappa shape index (κ3) is 3.42. The number of likely N-dealkylation sites (tertiary alicyclic amines) is 1. The highest BCUT2D eigenvalue weighted by atomic mass is 32.1. The Labute approximate surface area is 158 Å². The lowest BCUT2D eigenvalue weighted by atomic mass is 10.0. The highest BCUT2D eigenvalue weighted by molar-refractivity contribution is 7.18. The minimum Gasteiger partial charge on any atom is -0.459 e. The summed E-state index contributed by atoms with van der Waals surface area (Å²) in [6.07, 6.45) is 6.27. The van der Waals surface area contributed by atoms with Crippen LogP contribution < -0.4 is 5.32 Å². The summed E-state index contributed by atoms with van der Waals surface area (Å²) in [4.78, 5) is 32.0. The number of hydrogen-bond acceptors (Lipinski definition) is 6. The molecule has 1 fully saturated rings. The molecule has 4 rings (SSSR count). The van der Waals surface area contributed by atoms with Crippen LogP contribution in [0.5, 0.6) is 0 Å². The van der Waals surface area contributed by atoms with E-state index in [2.05, 4.69) is 10.3 Å². The molecule has 4 heterocycles. The van der Waals surface area contributed by atoms with Gasteiger partial charge in [-0.3, -0.25) is 9.59 Å². The molecule has 134 valence electrons. The number of nitrogens with zero attached hydrogens (tertiary/aromatic N) is 2. The zero-order valence-electron chi connectivity index (χ0n) is 13.9. The number of aromatic nitrogens is 1. The van der Waals surface area contributed by atoms with E-state index < -0.39 is 0 Å². The van der Waals surface area contributed by atoms with Crippen LogP contribution in [0.2, 0.25) is 0 Å². The molecule has 3 aromatic heterocycles. The van der Waals surface area contributed by atoms with Crippen LogP contribution in [-0.2, 0) is 0 Å². The van der Waals surface area contributed by atoms with Crippen LogP contribution >= 0.6 is 22.7 Å². The van der Waals surface area contributed by atoms with Crippen molar-refractivity contribution in [2.24, 2.45) is 0 Å². The molecule has 2 amide bonds. The molecule has 0 spiro atoms. The average Bonchev–Trinajstić information content (AvgIpc) is 3.43. The molecule has 1 atom stereocenters. The van der Waals surface area contributed by atoms with E-state index in [0.29, 0.717) is 9.88 Å². The Bertz CT molecular complexity index is 887. The summed E-state index contributed by atoms with van der Waals surface area (Å²) in [6.45, 7) is 0.731. The Balaban J connectivity index is 1.49. The lowest BCUT2D eigenvalue weighted by molar-refractivity contribution is 0.0616. The van der Waals surface area contributed by atoms with Gasteiger partial charge in [0.05, 0.1) is 22.2 Å². The fourth-order valence-corrected chi connectivity index (χ4v) is 4.72. The molecule has 26 heavy (non-hydrogen) atoms. The Kier molecular flexibility index (Phi) is 4.85. The minimum absolute atomic E-state index is 0.00611. The first-order chi connectivity index (χ1) is 12.7. The third-order valence-electron chi connectivity index (χ3n) is 4.30. The minimum atomic E-state index is -0.325. The highest BCUT2D eigenvalue weighted by Gasteiger charge is 2.31. The first kappa shape index (κ1) is 17.0. The van der Waals surface area contributed by atoms with Crippen molar-refractivity contribution < 1.29 is 14.0 Å². The molecule has 1 aliphatic heterocycles. The smallest absolute Gasteiger partial charge is 0.291 e. The lowest BCUT2D eigenvalue weighted by Gasteiger charge is -2.34. The molecule has 1 saturated heterocycles. The number of thiophene rings is 1. The maximum atomic E-state index is 13.0. The van der Waals surface area contributed by atoms with E-state index in [0.717, 1.165) is 30.8 Å². The van der Waals surface area contributed by atoms with E-state index in [1.54, 1.807) is 41.8 Å². The lowest BCUT2D eigenvalue weighted by Crippen LogP contribution is -2.38. The predicted octanol–water partition coefficient (Wildman–Crippen LogP) is 4.42. The second-order valence-electron chi connectivity index (χ2n) is 5.98. The number of rotatable bonds is 4. The van der Waals surface area contributed by atoms with Gasteiger partial charge in [0.15, 0.2) is 5.76 Å². The number of anilines is 1. The average molecular weight is 387 g/mol. The van der Waals surface area contributed by atoms with E-state index >= 15 is 0 Å². The van der Waals surface area contributed by atoms with Crippen molar-refractivity contribution in [3.05, 3.63) is 57.8 Å². The van der Waals surface area contributed by atoms with Crippen molar-refractivity contribution in [2.75, 3.05) is 11.9 Å². The van der Waals surface area contributed by atoms with Gasteiger partial charge in [0.25, 0.3) is 11.8 Å². The van der Waals surface area contributed by atoms with Crippen molar-refractivity contribution >= 4 is 39.5 Å². The number of furan rings is 1. The topological polar surface area (TPSA) is 75.4 Å². The molecule has 1 unspecified atom stereocenters. The molecule has 6 nitrogen and oxygen atoms in total. The van der Waals surface area contributed by atoms with E-state index in [9.17, 15) is 9.59 Å². The van der Waals surface area contributed by atoms with Gasteiger partial charge in [-0.15, -0.1) is 22.7 Å². The molecule has 0 saturated carbocycles. The van der Waals surface area contributed by atoms with E-state index in [4.69, 9.17) is 4.42 Å². The fraction of sp³-hybridized carbons (Fsp3) is 0.278. The van der Waals surface area contributed by atoms with Crippen molar-refractivity contribution in [1.82, 2.24) is 9.88 Å². The first-order valence-electron chi connectivity index (χ1n) is 8.37. The Morgan fingerprint density at radius 2 is 2.19 bits per heavy atom. The Morgan fingerprint density at radius 1 is 1.27 bits per heavy atom. The van der Waals surface area contributed by atoms with Gasteiger partial charge in [-0.25, -0.2) is 4.98 Å². The molecule has 1 N–H and O–H groups in total. The van der Waals surface area contributed by atoms with Gasteiger partial charge < -0.3 is 14.6 Å². The van der Waals surface area contributed by atoms with Crippen LogP contribution in [0.15, 0.2) is 46.5 Å². The molecule has 0 radical (unpaired) electrons. The third-order valence-corrected chi connectivity index (χ3v) is 6.16. The van der Waals surface area contributed by atoms with Crippen molar-refractivity contribution in [3.63, 3.8) is 0 Å². The fourth-order valence-electron chi connectivity index (χ4n) is 3.07. The molecular weight excluding hydrogens is 370 g/mol. The van der Waals surface area contributed by atoms with Gasteiger partial charge in [-0.1, -0.05) is 0 Å². The second kappa shape index (κ2) is 7.43. The zero-order chi connectivity index (χ0) is 17.9. The molecule has 3 aromatic rings. The number of nitrogens with one attached hydrogen (secondary N) is 1. The van der Waals surface area contributed by atoms with Crippen molar-refractivity contribution in [1.29, 1.82) is 0 Å². The second-order valence-corrected chi connectivity index (χ2v) is 7.99. The SMILES string of the molecule is O=C(Nc1ccc(C(=O)N2CCCCC2c2nccs2)s1)c1ccco1. The summed E-state index contributed by atoms with van der Waals surface area (Å²) in [5.74, 6) is -0.0889. The first-order valence-corrected chi connectivity index (χ1v) is 10.1. The summed E-state index contributed by atoms with van der Waals surface area (Å²) in [5, 5.41) is 6.32. The zero-order valence-corrected chi connectivity index (χ0v) is 15.5. The van der Waals surface area contributed by atoms with Crippen molar-refractivity contribution in [2.45, 2.75) is 25.3 Å². The molecule has 1 aliphatic rings. The van der Waals surface area contributed by atoms with Gasteiger partial charge in [-0.2, -0.15) is 0 Å². The molecule has 0 aromatic carbocycles. The van der Waals surface area contributed by atoms with Gasteiger partial charge in [-0.05, 0) is 43.5 Å². The van der Waals surface area contributed by atoms with Gasteiger partial charge in [0, 0.05) is 18.1 Å². The normalized spacial score (nSPS) is 17.2. The molecule has 0 aliphatic carbocycles. The Hall–Kier alpha value is -2.45. The van der Waals surface area contributed by atoms with Crippen LogP contribution in [0.3, 0.4) is 0 Å². The number of hydrogen-bond donors (Lipinski definition) is 1. The summed E-state index contributed by atoms with van der Waals surface area (Å²) in [7, 11) is 0. The van der Waals surface area contributed by atoms with Crippen LogP contribution in [0, 0.1) is 0 Å². The number of piperidine rings is 1. The summed E-state index contributed by atoms with van der Waals surface area (Å²) in [5.41, 5.74) is 0. The quantitative estimate of drug-likeness (QED) is 0.719. The molecule has 8 heteroatoms. The summed E-state index contributed by atoms with van der Waals surface area (Å²) >= 11 is 2.87. The van der Waals surface area contributed by atoms with Gasteiger partial charge in [0.1, 0.15) is 5.01 Å². The summed E-state index contributed by atoms with van der Waals surface area (Å²) in [6, 6.07) is 6.81.